The van der Waals surface area contributed by atoms with Crippen molar-refractivity contribution in [3.05, 3.63) is 53.4 Å². The lowest BCUT2D eigenvalue weighted by molar-refractivity contribution is 0.302. The first-order valence-corrected chi connectivity index (χ1v) is 8.38. The smallest absolute Gasteiger partial charge is 0.267 e. The molecule has 0 amide bonds. The molecule has 0 aromatic carbocycles. The van der Waals surface area contributed by atoms with E-state index in [0.29, 0.717) is 11.8 Å². The molecule has 26 heavy (non-hydrogen) atoms. The van der Waals surface area contributed by atoms with Crippen molar-refractivity contribution >= 4 is 5.95 Å². The molecule has 10 heteroatoms. The number of hydrogen-bond donors (Lipinski definition) is 1. The highest BCUT2D eigenvalue weighted by molar-refractivity contribution is 5.24. The van der Waals surface area contributed by atoms with Crippen LogP contribution in [-0.2, 0) is 0 Å². The lowest BCUT2D eigenvalue weighted by Crippen LogP contribution is -2.33. The first-order valence-electron chi connectivity index (χ1n) is 8.38. The molecule has 1 N–H and O–H groups in total. The molecule has 3 aromatic rings. The van der Waals surface area contributed by atoms with Crippen molar-refractivity contribution in [2.24, 2.45) is 0 Å². The summed E-state index contributed by atoms with van der Waals surface area (Å²) in [5.41, 5.74) is -0.132. The molecule has 0 radical (unpaired) electrons. The summed E-state index contributed by atoms with van der Waals surface area (Å²) in [5, 5.41) is 11.7. The van der Waals surface area contributed by atoms with Gasteiger partial charge in [0, 0.05) is 12.1 Å². The molecule has 0 saturated heterocycles. The van der Waals surface area contributed by atoms with Crippen LogP contribution < -0.4 is 10.9 Å². The van der Waals surface area contributed by atoms with Crippen molar-refractivity contribution in [2.75, 3.05) is 5.32 Å². The van der Waals surface area contributed by atoms with Gasteiger partial charge in [-0.05, 0) is 31.7 Å². The lowest BCUT2D eigenvalue weighted by atomic mass is 9.91. The molecule has 1 aliphatic carbocycles. The fraction of sp³-hybridized carbons (Fsp3) is 0.375. The third-order valence-electron chi connectivity index (χ3n) is 4.46. The Morgan fingerprint density at radius 2 is 1.88 bits per heavy atom. The van der Waals surface area contributed by atoms with E-state index < -0.39 is 5.82 Å². The number of nitrogens with one attached hydrogen (secondary N) is 1. The quantitative estimate of drug-likeness (QED) is 0.752. The highest BCUT2D eigenvalue weighted by Gasteiger charge is 2.24. The monoisotopic (exact) mass is 356 g/mol. The Labute approximate surface area is 147 Å². The summed E-state index contributed by atoms with van der Waals surface area (Å²) in [5.74, 6) is 0.511. The summed E-state index contributed by atoms with van der Waals surface area (Å²) in [6.07, 6.45) is 8.52. The fourth-order valence-corrected chi connectivity index (χ4v) is 3.16. The van der Waals surface area contributed by atoms with Gasteiger partial charge < -0.3 is 5.32 Å². The molecule has 0 spiro atoms. The normalized spacial score (nSPS) is 20.0. The second-order valence-electron chi connectivity index (χ2n) is 6.19. The van der Waals surface area contributed by atoms with E-state index in [4.69, 9.17) is 0 Å². The Kier molecular flexibility index (Phi) is 4.38. The first-order chi connectivity index (χ1) is 12.7. The molecule has 1 aliphatic rings. The van der Waals surface area contributed by atoms with Gasteiger partial charge in [0.25, 0.3) is 5.56 Å². The van der Waals surface area contributed by atoms with Gasteiger partial charge in [0.2, 0.25) is 5.95 Å². The van der Waals surface area contributed by atoms with Crippen molar-refractivity contribution in [3.8, 4) is 5.82 Å². The number of nitrogens with zero attached hydrogens (tertiary/aromatic N) is 7. The molecule has 3 aromatic heterocycles. The van der Waals surface area contributed by atoms with E-state index >= 15 is 0 Å². The fourth-order valence-electron chi connectivity index (χ4n) is 3.16. The van der Waals surface area contributed by atoms with E-state index in [1.54, 1.807) is 12.4 Å². The Balaban J connectivity index is 1.44. The number of aromatic nitrogens is 7. The maximum Gasteiger partial charge on any atom is 0.267 e. The van der Waals surface area contributed by atoms with Crippen LogP contribution in [0.3, 0.4) is 0 Å². The molecule has 3 heterocycles. The summed E-state index contributed by atoms with van der Waals surface area (Å²) >= 11 is 0. The van der Waals surface area contributed by atoms with Crippen LogP contribution in [0.4, 0.5) is 10.3 Å². The van der Waals surface area contributed by atoms with Gasteiger partial charge in [-0.15, -0.1) is 5.10 Å². The molecule has 4 rings (SSSR count). The van der Waals surface area contributed by atoms with Crippen LogP contribution in [0.5, 0.6) is 0 Å². The van der Waals surface area contributed by atoms with E-state index in [1.807, 2.05) is 0 Å². The Hall–Kier alpha value is -3.17. The summed E-state index contributed by atoms with van der Waals surface area (Å²) in [4.78, 5) is 24.0. The van der Waals surface area contributed by atoms with Crippen LogP contribution in [-0.4, -0.2) is 40.6 Å². The zero-order valence-corrected chi connectivity index (χ0v) is 13.9. The van der Waals surface area contributed by atoms with Crippen molar-refractivity contribution in [3.63, 3.8) is 0 Å². The van der Waals surface area contributed by atoms with Gasteiger partial charge in [0.1, 0.15) is 12.7 Å². The van der Waals surface area contributed by atoms with E-state index in [9.17, 15) is 9.18 Å². The van der Waals surface area contributed by atoms with Crippen molar-refractivity contribution in [2.45, 2.75) is 37.8 Å². The Morgan fingerprint density at radius 1 is 1.12 bits per heavy atom. The van der Waals surface area contributed by atoms with Gasteiger partial charge in [-0.25, -0.2) is 28.7 Å². The average Bonchev–Trinajstić information content (AvgIpc) is 3.20. The molecular formula is C16H17FN8O. The average molecular weight is 356 g/mol. The second kappa shape index (κ2) is 6.98. The number of hydrogen-bond acceptors (Lipinski definition) is 7. The first kappa shape index (κ1) is 16.3. The Bertz CT molecular complexity index is 916. The molecule has 1 saturated carbocycles. The Morgan fingerprint density at radius 3 is 2.58 bits per heavy atom. The second-order valence-corrected chi connectivity index (χ2v) is 6.19. The number of anilines is 1. The molecule has 0 aliphatic heterocycles. The summed E-state index contributed by atoms with van der Waals surface area (Å²) in [6.45, 7) is 0. The van der Waals surface area contributed by atoms with Crippen LogP contribution in [0.1, 0.15) is 31.7 Å². The van der Waals surface area contributed by atoms with E-state index in [0.717, 1.165) is 38.1 Å². The van der Waals surface area contributed by atoms with Gasteiger partial charge in [-0.1, -0.05) is 0 Å². The minimum atomic E-state index is -0.461. The van der Waals surface area contributed by atoms with Gasteiger partial charge >= 0.3 is 0 Å². The van der Waals surface area contributed by atoms with Gasteiger partial charge in [0.15, 0.2) is 11.6 Å². The SMILES string of the molecule is O=c1ccc(-n2cncn2)nn1C1CCC(Nc2ncc(F)cn2)CC1. The summed E-state index contributed by atoms with van der Waals surface area (Å²) in [7, 11) is 0. The molecule has 9 nitrogen and oxygen atoms in total. The molecule has 1 fully saturated rings. The summed E-state index contributed by atoms with van der Waals surface area (Å²) in [6, 6.07) is 3.34. The summed E-state index contributed by atoms with van der Waals surface area (Å²) < 4.78 is 15.9. The van der Waals surface area contributed by atoms with Crippen molar-refractivity contribution < 1.29 is 4.39 Å². The topological polar surface area (TPSA) is 103 Å². The molecular weight excluding hydrogens is 339 g/mol. The molecule has 0 bridgehead atoms. The third-order valence-corrected chi connectivity index (χ3v) is 4.46. The van der Waals surface area contributed by atoms with Crippen molar-refractivity contribution in [1.82, 2.24) is 34.5 Å². The number of halogens is 1. The van der Waals surface area contributed by atoms with Gasteiger partial charge in [0.05, 0.1) is 18.4 Å². The predicted molar refractivity (Wildman–Crippen MR) is 90.3 cm³/mol. The molecule has 0 unspecified atom stereocenters. The van der Waals surface area contributed by atoms with E-state index in [1.165, 1.54) is 21.8 Å². The zero-order valence-electron chi connectivity index (χ0n) is 13.9. The van der Waals surface area contributed by atoms with Crippen LogP contribution in [0, 0.1) is 5.82 Å². The highest BCUT2D eigenvalue weighted by atomic mass is 19.1. The largest absolute Gasteiger partial charge is 0.351 e. The highest BCUT2D eigenvalue weighted by Crippen LogP contribution is 2.28. The third kappa shape index (κ3) is 3.44. The molecule has 134 valence electrons. The number of rotatable bonds is 4. The van der Waals surface area contributed by atoms with E-state index in [-0.39, 0.29) is 17.6 Å². The lowest BCUT2D eigenvalue weighted by Gasteiger charge is -2.29. The van der Waals surface area contributed by atoms with Gasteiger partial charge in [-0.3, -0.25) is 4.79 Å². The van der Waals surface area contributed by atoms with Crippen LogP contribution in [0.15, 0.2) is 42.0 Å². The maximum absolute atomic E-state index is 12.9. The van der Waals surface area contributed by atoms with Crippen LogP contribution in [0.2, 0.25) is 0 Å². The minimum Gasteiger partial charge on any atom is -0.351 e. The van der Waals surface area contributed by atoms with Crippen LogP contribution in [0.25, 0.3) is 5.82 Å². The zero-order chi connectivity index (χ0) is 17.9. The predicted octanol–water partition coefficient (Wildman–Crippen LogP) is 1.35. The standard InChI is InChI=1S/C16H17FN8O/c17-11-7-19-16(20-8-11)22-12-1-3-13(4-2-12)25-15(26)6-5-14(23-25)24-10-18-9-21-24/h5-10,12-13H,1-4H2,(H,19,20,22). The van der Waals surface area contributed by atoms with E-state index in [2.05, 4.69) is 30.5 Å². The van der Waals surface area contributed by atoms with Gasteiger partial charge in [-0.2, -0.15) is 5.10 Å². The molecule has 0 atom stereocenters. The van der Waals surface area contributed by atoms with Crippen LogP contribution >= 0.6 is 0 Å². The minimum absolute atomic E-state index is 0.0261. The maximum atomic E-state index is 12.9. The van der Waals surface area contributed by atoms with Crippen molar-refractivity contribution in [1.29, 1.82) is 0 Å².